The Balaban J connectivity index is 2.44. The molecule has 0 unspecified atom stereocenters. The predicted octanol–water partition coefficient (Wildman–Crippen LogP) is 3.30. The van der Waals surface area contributed by atoms with Crippen LogP contribution in [0, 0.1) is 5.92 Å². The van der Waals surface area contributed by atoms with Gasteiger partial charge in [0.05, 0.1) is 5.69 Å². The van der Waals surface area contributed by atoms with Gasteiger partial charge < -0.3 is 10.3 Å². The molecule has 1 heterocycles. The summed E-state index contributed by atoms with van der Waals surface area (Å²) in [7, 11) is 0. The summed E-state index contributed by atoms with van der Waals surface area (Å²) in [5.41, 5.74) is 7.43. The highest BCUT2D eigenvalue weighted by molar-refractivity contribution is 5.41. The molecule has 0 radical (unpaired) electrons. The molecule has 1 aliphatic carbocycles. The van der Waals surface area contributed by atoms with E-state index in [0.29, 0.717) is 11.8 Å². The van der Waals surface area contributed by atoms with Crippen molar-refractivity contribution in [3.63, 3.8) is 0 Å². The number of imidazole rings is 1. The third-order valence-electron chi connectivity index (χ3n) is 3.23. The lowest BCUT2D eigenvalue weighted by molar-refractivity contribution is 0.388. The molecule has 1 aliphatic rings. The van der Waals surface area contributed by atoms with Gasteiger partial charge in [0.15, 0.2) is 0 Å². The van der Waals surface area contributed by atoms with E-state index in [1.807, 2.05) is 0 Å². The molecule has 0 saturated heterocycles. The Morgan fingerprint density at radius 2 is 1.94 bits per heavy atom. The number of nitrogens with zero attached hydrogens (tertiary/aromatic N) is 2. The molecule has 1 fully saturated rings. The van der Waals surface area contributed by atoms with E-state index in [1.165, 1.54) is 18.7 Å². The molecule has 1 saturated carbocycles. The van der Waals surface area contributed by atoms with Gasteiger partial charge in [-0.05, 0) is 46.0 Å². The maximum atomic E-state index is 6.30. The smallest absolute Gasteiger partial charge is 0.127 e. The van der Waals surface area contributed by atoms with Crippen LogP contribution in [0.5, 0.6) is 0 Å². The first-order chi connectivity index (χ1) is 7.80. The second-order valence-electron chi connectivity index (χ2n) is 6.68. The molecule has 3 nitrogen and oxygen atoms in total. The van der Waals surface area contributed by atoms with Crippen molar-refractivity contribution >= 4 is 5.82 Å². The van der Waals surface area contributed by atoms with Crippen molar-refractivity contribution in [3.05, 3.63) is 11.5 Å². The highest BCUT2D eigenvalue weighted by atomic mass is 15.2. The van der Waals surface area contributed by atoms with Gasteiger partial charge >= 0.3 is 0 Å². The maximum absolute atomic E-state index is 6.30. The van der Waals surface area contributed by atoms with Crippen molar-refractivity contribution in [2.24, 2.45) is 5.92 Å². The van der Waals surface area contributed by atoms with Crippen LogP contribution >= 0.6 is 0 Å². The van der Waals surface area contributed by atoms with Crippen molar-refractivity contribution in [2.75, 3.05) is 5.73 Å². The number of nitrogens with two attached hydrogens (primary N) is 1. The zero-order chi connectivity index (χ0) is 12.8. The lowest BCUT2D eigenvalue weighted by Gasteiger charge is -2.25. The molecule has 96 valence electrons. The molecular formula is C14H25N3. The van der Waals surface area contributed by atoms with Crippen molar-refractivity contribution in [1.29, 1.82) is 0 Å². The Hall–Kier alpha value is -0.990. The van der Waals surface area contributed by atoms with E-state index < -0.39 is 0 Å². The Bertz CT molecular complexity index is 406. The average molecular weight is 235 g/mol. The molecule has 0 atom stereocenters. The predicted molar refractivity (Wildman–Crippen MR) is 72.2 cm³/mol. The minimum Gasteiger partial charge on any atom is -0.384 e. The van der Waals surface area contributed by atoms with Crippen LogP contribution < -0.4 is 5.73 Å². The van der Waals surface area contributed by atoms with Crippen molar-refractivity contribution in [3.8, 4) is 0 Å². The zero-order valence-corrected chi connectivity index (χ0v) is 11.7. The summed E-state index contributed by atoms with van der Waals surface area (Å²) in [5, 5.41) is 0. The molecule has 0 bridgehead atoms. The normalized spacial score (nSPS) is 16.8. The first kappa shape index (κ1) is 12.5. The van der Waals surface area contributed by atoms with Crippen LogP contribution in [0.2, 0.25) is 0 Å². The van der Waals surface area contributed by atoms with Crippen LogP contribution in [0.15, 0.2) is 0 Å². The van der Waals surface area contributed by atoms with Crippen LogP contribution in [0.1, 0.15) is 64.9 Å². The fourth-order valence-electron chi connectivity index (χ4n) is 2.36. The van der Waals surface area contributed by atoms with E-state index >= 15 is 0 Å². The zero-order valence-electron chi connectivity index (χ0n) is 11.7. The number of nitrogen functional groups attached to an aromatic ring is 1. The molecule has 17 heavy (non-hydrogen) atoms. The van der Waals surface area contributed by atoms with Gasteiger partial charge in [-0.2, -0.15) is 0 Å². The third kappa shape index (κ3) is 2.48. The van der Waals surface area contributed by atoms with Crippen LogP contribution in [-0.4, -0.2) is 9.55 Å². The van der Waals surface area contributed by atoms with Crippen LogP contribution in [0.4, 0.5) is 5.82 Å². The molecule has 2 N–H and O–H groups in total. The molecule has 0 spiro atoms. The third-order valence-corrected chi connectivity index (χ3v) is 3.23. The van der Waals surface area contributed by atoms with Gasteiger partial charge in [0.2, 0.25) is 0 Å². The largest absolute Gasteiger partial charge is 0.384 e. The highest BCUT2D eigenvalue weighted by Gasteiger charge is 2.34. The molecule has 0 aromatic carbocycles. The molecule has 1 aromatic rings. The average Bonchev–Trinajstić information content (AvgIpc) is 2.91. The van der Waals surface area contributed by atoms with Gasteiger partial charge in [0, 0.05) is 11.5 Å². The molecule has 0 amide bonds. The second-order valence-corrected chi connectivity index (χ2v) is 6.68. The van der Waals surface area contributed by atoms with Crippen LogP contribution in [-0.2, 0) is 12.0 Å². The standard InChI is InChI=1S/C14H25N3/c1-9(2)8-11-12(15)17(14(3,4)5)13(16-11)10-6-7-10/h9-10H,6-8,15H2,1-5H3. The second kappa shape index (κ2) is 4.04. The van der Waals surface area contributed by atoms with Gasteiger partial charge in [-0.15, -0.1) is 0 Å². The molecule has 0 aliphatic heterocycles. The summed E-state index contributed by atoms with van der Waals surface area (Å²) in [6.45, 7) is 11.0. The topological polar surface area (TPSA) is 43.8 Å². The van der Waals surface area contributed by atoms with Gasteiger partial charge in [-0.1, -0.05) is 13.8 Å². The number of aromatic nitrogens is 2. The van der Waals surface area contributed by atoms with Crippen molar-refractivity contribution < 1.29 is 0 Å². The summed E-state index contributed by atoms with van der Waals surface area (Å²) >= 11 is 0. The summed E-state index contributed by atoms with van der Waals surface area (Å²) in [6.07, 6.45) is 3.52. The van der Waals surface area contributed by atoms with Gasteiger partial charge in [0.1, 0.15) is 11.6 Å². The van der Waals surface area contributed by atoms with Crippen LogP contribution in [0.25, 0.3) is 0 Å². The number of anilines is 1. The quantitative estimate of drug-likeness (QED) is 0.873. The summed E-state index contributed by atoms with van der Waals surface area (Å²) in [5.74, 6) is 3.35. The molecule has 1 aromatic heterocycles. The Morgan fingerprint density at radius 3 is 2.35 bits per heavy atom. The first-order valence-electron chi connectivity index (χ1n) is 6.68. The van der Waals surface area contributed by atoms with E-state index in [-0.39, 0.29) is 5.54 Å². The van der Waals surface area contributed by atoms with Gasteiger partial charge in [-0.25, -0.2) is 4.98 Å². The van der Waals surface area contributed by atoms with E-state index in [9.17, 15) is 0 Å². The Labute approximate surface area is 104 Å². The summed E-state index contributed by atoms with van der Waals surface area (Å²) < 4.78 is 2.25. The minimum atomic E-state index is 0.0320. The maximum Gasteiger partial charge on any atom is 0.127 e. The van der Waals surface area contributed by atoms with E-state index in [4.69, 9.17) is 10.7 Å². The Morgan fingerprint density at radius 1 is 1.35 bits per heavy atom. The van der Waals surface area contributed by atoms with Gasteiger partial charge in [-0.3, -0.25) is 0 Å². The Kier molecular flexibility index (Phi) is 2.96. The number of hydrogen-bond donors (Lipinski definition) is 1. The fourth-order valence-corrected chi connectivity index (χ4v) is 2.36. The van der Waals surface area contributed by atoms with E-state index in [1.54, 1.807) is 0 Å². The fraction of sp³-hybridized carbons (Fsp3) is 0.786. The summed E-state index contributed by atoms with van der Waals surface area (Å²) in [6, 6.07) is 0. The lowest BCUT2D eigenvalue weighted by atomic mass is 10.1. The number of hydrogen-bond acceptors (Lipinski definition) is 2. The van der Waals surface area contributed by atoms with Crippen molar-refractivity contribution in [2.45, 2.75) is 65.3 Å². The monoisotopic (exact) mass is 235 g/mol. The summed E-state index contributed by atoms with van der Waals surface area (Å²) in [4.78, 5) is 4.82. The minimum absolute atomic E-state index is 0.0320. The van der Waals surface area contributed by atoms with Gasteiger partial charge in [0.25, 0.3) is 0 Å². The molecular weight excluding hydrogens is 210 g/mol. The van der Waals surface area contributed by atoms with Crippen molar-refractivity contribution in [1.82, 2.24) is 9.55 Å². The van der Waals surface area contributed by atoms with Crippen LogP contribution in [0.3, 0.4) is 0 Å². The lowest BCUT2D eigenvalue weighted by Crippen LogP contribution is -2.25. The highest BCUT2D eigenvalue weighted by Crippen LogP contribution is 2.42. The first-order valence-corrected chi connectivity index (χ1v) is 6.68. The van der Waals surface area contributed by atoms with E-state index in [2.05, 4.69) is 39.2 Å². The van der Waals surface area contributed by atoms with E-state index in [0.717, 1.165) is 17.9 Å². The SMILES string of the molecule is CC(C)Cc1nc(C2CC2)n(C(C)(C)C)c1N. The molecule has 2 rings (SSSR count). The number of rotatable bonds is 3. The molecule has 3 heteroatoms.